The second-order valence-electron chi connectivity index (χ2n) is 6.88. The van der Waals surface area contributed by atoms with Crippen LogP contribution in [0.2, 0.25) is 0 Å². The van der Waals surface area contributed by atoms with Gasteiger partial charge in [0.15, 0.2) is 11.5 Å². The summed E-state index contributed by atoms with van der Waals surface area (Å²) in [4.78, 5) is 11.1. The third-order valence-electron chi connectivity index (χ3n) is 4.94. The van der Waals surface area contributed by atoms with Crippen LogP contribution in [0.1, 0.15) is 42.6 Å². The van der Waals surface area contributed by atoms with Gasteiger partial charge < -0.3 is 14.6 Å². The average Bonchev–Trinajstić information content (AvgIpc) is 2.53. The molecule has 0 amide bonds. The van der Waals surface area contributed by atoms with Gasteiger partial charge >= 0.3 is 0 Å². The highest BCUT2D eigenvalue weighted by molar-refractivity contribution is 5.77. The van der Waals surface area contributed by atoms with E-state index in [2.05, 4.69) is 26.7 Å². The van der Waals surface area contributed by atoms with Crippen molar-refractivity contribution >= 4 is 6.29 Å². The summed E-state index contributed by atoms with van der Waals surface area (Å²) in [5.74, 6) is 1.68. The van der Waals surface area contributed by atoms with E-state index >= 15 is 0 Å². The monoisotopic (exact) mass is 316 g/mol. The van der Waals surface area contributed by atoms with Crippen molar-refractivity contribution in [1.82, 2.24) is 0 Å². The number of terminal acetylenes is 1. The minimum atomic E-state index is -0.317. The molecule has 1 fully saturated rings. The number of carbonyl (C=O) groups is 1. The van der Waals surface area contributed by atoms with E-state index in [1.54, 1.807) is 13.2 Å². The fourth-order valence-electron chi connectivity index (χ4n) is 3.89. The van der Waals surface area contributed by atoms with E-state index in [0.717, 1.165) is 30.4 Å². The molecule has 2 unspecified atom stereocenters. The Morgan fingerprint density at radius 2 is 2.09 bits per heavy atom. The maximum absolute atomic E-state index is 11.1. The van der Waals surface area contributed by atoms with Gasteiger partial charge in [0.2, 0.25) is 0 Å². The Bertz CT molecular complexity index is 603. The molecule has 1 aliphatic carbocycles. The Kier molecular flexibility index (Phi) is 5.01. The molecule has 0 saturated heterocycles. The number of methoxy groups -OCH3 is 1. The van der Waals surface area contributed by atoms with Gasteiger partial charge in [0, 0.05) is 17.9 Å². The molecule has 1 N–H and O–H groups in total. The first-order chi connectivity index (χ1) is 10.9. The number of rotatable bonds is 2. The summed E-state index contributed by atoms with van der Waals surface area (Å²) < 4.78 is 11.5. The molecule has 23 heavy (non-hydrogen) atoms. The Balaban J connectivity index is 0.000000924. The minimum absolute atomic E-state index is 0.00670. The highest BCUT2D eigenvalue weighted by Crippen LogP contribution is 2.49. The van der Waals surface area contributed by atoms with Crippen molar-refractivity contribution in [3.63, 3.8) is 0 Å². The van der Waals surface area contributed by atoms with Crippen LogP contribution in [0.15, 0.2) is 12.1 Å². The topological polar surface area (TPSA) is 55.8 Å². The molecule has 4 nitrogen and oxygen atoms in total. The third kappa shape index (κ3) is 3.20. The summed E-state index contributed by atoms with van der Waals surface area (Å²) in [6, 6.07) is 3.60. The van der Waals surface area contributed by atoms with Gasteiger partial charge in [0.05, 0.1) is 13.2 Å². The molecule has 2 aliphatic rings. The van der Waals surface area contributed by atoms with Crippen LogP contribution in [0.4, 0.5) is 0 Å². The predicted molar refractivity (Wildman–Crippen MR) is 88.9 cm³/mol. The van der Waals surface area contributed by atoms with Gasteiger partial charge in [0.25, 0.3) is 0 Å². The van der Waals surface area contributed by atoms with Gasteiger partial charge in [-0.15, -0.1) is 12.8 Å². The maximum Gasteiger partial charge on any atom is 0.164 e. The average molecular weight is 316 g/mol. The third-order valence-corrected chi connectivity index (χ3v) is 4.94. The molecule has 1 aromatic carbocycles. The lowest BCUT2D eigenvalue weighted by Crippen LogP contribution is -2.49. The van der Waals surface area contributed by atoms with Crippen LogP contribution >= 0.6 is 0 Å². The fraction of sp³-hybridized carbons (Fsp3) is 0.526. The smallest absolute Gasteiger partial charge is 0.164 e. The molecule has 1 aromatic rings. The zero-order chi connectivity index (χ0) is 17.2. The Morgan fingerprint density at radius 3 is 2.70 bits per heavy atom. The molecule has 0 spiro atoms. The number of aliphatic hydroxyl groups excluding tert-OH is 1. The molecule has 3 rings (SSSR count). The highest BCUT2D eigenvalue weighted by Gasteiger charge is 2.46. The number of hydrogen-bond acceptors (Lipinski definition) is 4. The first-order valence-corrected chi connectivity index (χ1v) is 7.78. The Morgan fingerprint density at radius 1 is 1.39 bits per heavy atom. The molecular formula is C19H24O4. The Hall–Kier alpha value is -1.99. The highest BCUT2D eigenvalue weighted by atomic mass is 16.5. The number of fused-ring (bicyclic) bond motifs is 2. The minimum Gasteiger partial charge on any atom is -0.493 e. The van der Waals surface area contributed by atoms with Gasteiger partial charge in [0.1, 0.15) is 12.4 Å². The van der Waals surface area contributed by atoms with E-state index in [4.69, 9.17) is 9.47 Å². The molecular weight excluding hydrogens is 292 g/mol. The van der Waals surface area contributed by atoms with E-state index in [1.807, 2.05) is 6.07 Å². The fourth-order valence-corrected chi connectivity index (χ4v) is 3.89. The largest absolute Gasteiger partial charge is 0.493 e. The Labute approximate surface area is 137 Å². The van der Waals surface area contributed by atoms with Crippen LogP contribution in [-0.4, -0.2) is 30.7 Å². The van der Waals surface area contributed by atoms with E-state index < -0.39 is 0 Å². The first kappa shape index (κ1) is 17.4. The quantitative estimate of drug-likeness (QED) is 0.673. The van der Waals surface area contributed by atoms with Gasteiger partial charge in [-0.3, -0.25) is 4.79 Å². The number of ether oxygens (including phenoxy) is 2. The van der Waals surface area contributed by atoms with E-state index in [-0.39, 0.29) is 17.6 Å². The number of aliphatic hydroxyl groups is 1. The van der Waals surface area contributed by atoms with E-state index in [9.17, 15) is 9.90 Å². The molecule has 1 heterocycles. The van der Waals surface area contributed by atoms with Gasteiger partial charge in [-0.2, -0.15) is 0 Å². The van der Waals surface area contributed by atoms with Gasteiger partial charge in [-0.1, -0.05) is 13.8 Å². The first-order valence-electron chi connectivity index (χ1n) is 7.78. The van der Waals surface area contributed by atoms with Gasteiger partial charge in [-0.05, 0) is 36.0 Å². The number of aldehydes is 1. The summed E-state index contributed by atoms with van der Waals surface area (Å²) in [6.45, 7) is 4.37. The van der Waals surface area contributed by atoms with Crippen molar-refractivity contribution in [2.45, 2.75) is 45.3 Å². The normalized spacial score (nSPS) is 27.3. The maximum atomic E-state index is 11.1. The molecule has 1 saturated carbocycles. The predicted octanol–water partition coefficient (Wildman–Crippen LogP) is 2.86. The molecule has 124 valence electrons. The molecule has 1 aliphatic heterocycles. The van der Waals surface area contributed by atoms with Crippen LogP contribution in [0, 0.1) is 24.2 Å². The van der Waals surface area contributed by atoms with Crippen molar-refractivity contribution in [1.29, 1.82) is 0 Å². The summed E-state index contributed by atoms with van der Waals surface area (Å²) >= 11 is 0. The summed E-state index contributed by atoms with van der Waals surface area (Å²) in [7, 11) is 1.58. The van der Waals surface area contributed by atoms with Crippen molar-refractivity contribution in [2.24, 2.45) is 11.3 Å². The van der Waals surface area contributed by atoms with Crippen molar-refractivity contribution in [3.05, 3.63) is 23.3 Å². The molecule has 0 radical (unpaired) electrons. The zero-order valence-corrected chi connectivity index (χ0v) is 13.9. The summed E-state index contributed by atoms with van der Waals surface area (Å²) in [5.41, 5.74) is 1.66. The van der Waals surface area contributed by atoms with Crippen molar-refractivity contribution in [2.75, 3.05) is 7.11 Å². The van der Waals surface area contributed by atoms with Gasteiger partial charge in [-0.25, -0.2) is 0 Å². The summed E-state index contributed by atoms with van der Waals surface area (Å²) in [6.07, 6.45) is 10.8. The second kappa shape index (κ2) is 6.64. The van der Waals surface area contributed by atoms with Crippen molar-refractivity contribution in [3.8, 4) is 24.3 Å². The lowest BCUT2D eigenvalue weighted by Gasteiger charge is -2.48. The lowest BCUT2D eigenvalue weighted by atomic mass is 9.63. The molecule has 0 bridgehead atoms. The van der Waals surface area contributed by atoms with Crippen molar-refractivity contribution < 1.29 is 19.4 Å². The van der Waals surface area contributed by atoms with E-state index in [1.165, 1.54) is 0 Å². The second-order valence-corrected chi connectivity index (χ2v) is 6.88. The van der Waals surface area contributed by atoms with Crippen LogP contribution in [0.5, 0.6) is 11.5 Å². The SMILES string of the molecule is C#C.COc1cc(C=O)cc2c1OC1CC(O)CC(C)(C)[C@H]1C2. The summed E-state index contributed by atoms with van der Waals surface area (Å²) in [5, 5.41) is 10.1. The number of carbonyl (C=O) groups excluding carboxylic acids is 1. The number of benzene rings is 1. The number of hydrogen-bond donors (Lipinski definition) is 1. The standard InChI is InChI=1S/C17H22O4.C2H2/c1-17(2)8-12(19)7-14-13(17)6-11-4-10(9-18)5-15(20-3)16(11)21-14;1-2/h4-5,9,12-14,19H,6-8H2,1-3H3;1-2H/t12?,13-,14?;/m0./s1. The van der Waals surface area contributed by atoms with Crippen LogP contribution < -0.4 is 9.47 Å². The lowest BCUT2D eigenvalue weighted by molar-refractivity contribution is -0.0641. The molecule has 4 heteroatoms. The van der Waals surface area contributed by atoms with E-state index in [0.29, 0.717) is 23.7 Å². The molecule has 3 atom stereocenters. The van der Waals surface area contributed by atoms with Crippen LogP contribution in [0.3, 0.4) is 0 Å². The molecule has 0 aromatic heterocycles. The van der Waals surface area contributed by atoms with Crippen LogP contribution in [-0.2, 0) is 6.42 Å². The zero-order valence-electron chi connectivity index (χ0n) is 13.9. The van der Waals surface area contributed by atoms with Crippen LogP contribution in [0.25, 0.3) is 0 Å².